The summed E-state index contributed by atoms with van der Waals surface area (Å²) < 4.78 is 0. The molecule has 2 heteroatoms. The second-order valence-electron chi connectivity index (χ2n) is 8.35. The van der Waals surface area contributed by atoms with Gasteiger partial charge in [0.2, 0.25) is 0 Å². The zero-order valence-electron chi connectivity index (χ0n) is 19.9. The van der Waals surface area contributed by atoms with Crippen molar-refractivity contribution in [1.82, 2.24) is 9.97 Å². The van der Waals surface area contributed by atoms with Crippen molar-refractivity contribution in [1.29, 1.82) is 0 Å². The predicted octanol–water partition coefficient (Wildman–Crippen LogP) is 8.81. The lowest BCUT2D eigenvalue weighted by atomic mass is 10.1. The van der Waals surface area contributed by atoms with E-state index in [0.717, 1.165) is 22.4 Å². The zero-order chi connectivity index (χ0) is 24.4. The van der Waals surface area contributed by atoms with Crippen LogP contribution < -0.4 is 0 Å². The van der Waals surface area contributed by atoms with Crippen LogP contribution in [-0.2, 0) is 0 Å². The molecule has 2 aromatic heterocycles. The molecule has 0 saturated heterocycles. The van der Waals surface area contributed by atoms with E-state index in [2.05, 4.69) is 70.7 Å². The van der Waals surface area contributed by atoms with Crippen LogP contribution in [0.15, 0.2) is 133 Å². The summed E-state index contributed by atoms with van der Waals surface area (Å²) in [5.41, 5.74) is 6.41. The first kappa shape index (κ1) is 22.9. The van der Waals surface area contributed by atoms with Crippen molar-refractivity contribution in [3.05, 3.63) is 156 Å². The van der Waals surface area contributed by atoms with E-state index in [-0.39, 0.29) is 0 Å². The number of fused-ring (bicyclic) bond motifs is 2. The molecule has 2 heterocycles. The molecule has 172 valence electrons. The molecule has 0 radical (unpaired) electrons. The average molecular weight is 463 g/mol. The van der Waals surface area contributed by atoms with Gasteiger partial charge in [0.05, 0.1) is 22.4 Å². The quantitative estimate of drug-likeness (QED) is 0.261. The Kier molecular flexibility index (Phi) is 7.36. The molecule has 6 aromatic rings. The van der Waals surface area contributed by atoms with Crippen molar-refractivity contribution in [2.75, 3.05) is 0 Å². The van der Waals surface area contributed by atoms with Crippen molar-refractivity contribution in [2.45, 2.75) is 0 Å². The lowest BCUT2D eigenvalue weighted by molar-refractivity contribution is 1.37. The molecule has 4 aromatic carbocycles. The zero-order valence-corrected chi connectivity index (χ0v) is 19.9. The molecule has 0 fully saturated rings. The van der Waals surface area contributed by atoms with Gasteiger partial charge in [0.15, 0.2) is 0 Å². The van der Waals surface area contributed by atoms with E-state index in [1.807, 2.05) is 97.1 Å². The number of pyridine rings is 2. The van der Waals surface area contributed by atoms with Gasteiger partial charge in [-0.1, -0.05) is 121 Å². The van der Waals surface area contributed by atoms with Gasteiger partial charge >= 0.3 is 0 Å². The Balaban J connectivity index is 0.000000148. The summed E-state index contributed by atoms with van der Waals surface area (Å²) in [6.45, 7) is 0. The van der Waals surface area contributed by atoms with E-state index >= 15 is 0 Å². The molecule has 0 amide bonds. The van der Waals surface area contributed by atoms with Crippen molar-refractivity contribution in [3.63, 3.8) is 0 Å². The highest BCUT2D eigenvalue weighted by atomic mass is 14.7. The highest BCUT2D eigenvalue weighted by Gasteiger charge is 1.95. The second-order valence-corrected chi connectivity index (χ2v) is 8.35. The minimum atomic E-state index is 0.984. The summed E-state index contributed by atoms with van der Waals surface area (Å²) in [7, 11) is 0. The normalized spacial score (nSPS) is 11.1. The fraction of sp³-hybridized carbons (Fsp3) is 0. The van der Waals surface area contributed by atoms with Gasteiger partial charge in [-0.2, -0.15) is 0 Å². The van der Waals surface area contributed by atoms with E-state index in [1.54, 1.807) is 0 Å². The third-order valence-corrected chi connectivity index (χ3v) is 5.73. The Hall–Kier alpha value is -4.82. The number of rotatable bonds is 4. The van der Waals surface area contributed by atoms with Gasteiger partial charge < -0.3 is 0 Å². The molecule has 2 nitrogen and oxygen atoms in total. The molecule has 36 heavy (non-hydrogen) atoms. The standard InChI is InChI=1S/2C17H13N/c2*1-2-6-14(7-3-1)10-12-16-13-11-15-8-4-5-9-17(15)18-16/h2*1-13H/b2*12-10+. The molecule has 0 aliphatic heterocycles. The molecular weight excluding hydrogens is 436 g/mol. The van der Waals surface area contributed by atoms with Crippen molar-refractivity contribution in [2.24, 2.45) is 0 Å². The van der Waals surface area contributed by atoms with E-state index in [1.165, 1.54) is 21.9 Å². The van der Waals surface area contributed by atoms with E-state index < -0.39 is 0 Å². The molecule has 0 unspecified atom stereocenters. The fourth-order valence-corrected chi connectivity index (χ4v) is 3.84. The summed E-state index contributed by atoms with van der Waals surface area (Å²) >= 11 is 0. The Morgan fingerprint density at radius 2 is 0.722 bits per heavy atom. The topological polar surface area (TPSA) is 25.8 Å². The van der Waals surface area contributed by atoms with Crippen LogP contribution in [0.1, 0.15) is 22.5 Å². The summed E-state index contributed by atoms with van der Waals surface area (Å²) in [5.74, 6) is 0. The first-order valence-corrected chi connectivity index (χ1v) is 12.0. The molecule has 0 aliphatic rings. The summed E-state index contributed by atoms with van der Waals surface area (Å²) in [5, 5.41) is 2.35. The van der Waals surface area contributed by atoms with Crippen LogP contribution in [-0.4, -0.2) is 9.97 Å². The monoisotopic (exact) mass is 462 g/mol. The van der Waals surface area contributed by atoms with Gasteiger partial charge in [-0.05, 0) is 47.5 Å². The van der Waals surface area contributed by atoms with Crippen molar-refractivity contribution in [3.8, 4) is 0 Å². The SMILES string of the molecule is C(=C\c1ccc2ccccc2n1)/c1ccccc1.C(=C\c1ccc2ccccc2n1)/c1ccccc1. The Labute approximate surface area is 211 Å². The number of aromatic nitrogens is 2. The van der Waals surface area contributed by atoms with Gasteiger partial charge in [0.1, 0.15) is 0 Å². The molecule has 0 spiro atoms. The first-order valence-electron chi connectivity index (χ1n) is 12.0. The minimum absolute atomic E-state index is 0.984. The van der Waals surface area contributed by atoms with Gasteiger partial charge in [0, 0.05) is 10.8 Å². The van der Waals surface area contributed by atoms with Crippen LogP contribution in [0.3, 0.4) is 0 Å². The molecular formula is C34H26N2. The Bertz CT molecular complexity index is 1490. The van der Waals surface area contributed by atoms with Crippen LogP contribution in [0, 0.1) is 0 Å². The highest BCUT2D eigenvalue weighted by molar-refractivity contribution is 5.81. The maximum atomic E-state index is 4.60. The molecule has 0 aliphatic carbocycles. The van der Waals surface area contributed by atoms with Crippen molar-refractivity contribution >= 4 is 46.1 Å². The van der Waals surface area contributed by atoms with Crippen molar-refractivity contribution < 1.29 is 0 Å². The predicted molar refractivity (Wildman–Crippen MR) is 154 cm³/mol. The highest BCUT2D eigenvalue weighted by Crippen LogP contribution is 2.15. The number of para-hydroxylation sites is 2. The van der Waals surface area contributed by atoms with Gasteiger partial charge in [-0.15, -0.1) is 0 Å². The van der Waals surface area contributed by atoms with Crippen LogP contribution >= 0.6 is 0 Å². The molecule has 0 N–H and O–H groups in total. The summed E-state index contributed by atoms with van der Waals surface area (Å²) in [6.07, 6.45) is 8.25. The Morgan fingerprint density at radius 3 is 1.17 bits per heavy atom. The Morgan fingerprint density at radius 1 is 0.333 bits per heavy atom. The molecule has 0 bridgehead atoms. The second kappa shape index (κ2) is 11.5. The third kappa shape index (κ3) is 6.19. The smallest absolute Gasteiger partial charge is 0.0709 e. The average Bonchev–Trinajstić information content (AvgIpc) is 2.96. The number of benzene rings is 4. The number of hydrogen-bond acceptors (Lipinski definition) is 2. The van der Waals surface area contributed by atoms with Gasteiger partial charge in [-0.25, -0.2) is 9.97 Å². The molecule has 6 rings (SSSR count). The number of hydrogen-bond donors (Lipinski definition) is 0. The maximum Gasteiger partial charge on any atom is 0.0709 e. The maximum absolute atomic E-state index is 4.60. The van der Waals surface area contributed by atoms with Gasteiger partial charge in [-0.3, -0.25) is 0 Å². The third-order valence-electron chi connectivity index (χ3n) is 5.73. The fourth-order valence-electron chi connectivity index (χ4n) is 3.84. The van der Waals surface area contributed by atoms with E-state index in [9.17, 15) is 0 Å². The summed E-state index contributed by atoms with van der Waals surface area (Å²) in [6, 6.07) is 45.1. The van der Waals surface area contributed by atoms with Crippen LogP contribution in [0.5, 0.6) is 0 Å². The van der Waals surface area contributed by atoms with Gasteiger partial charge in [0.25, 0.3) is 0 Å². The summed E-state index contributed by atoms with van der Waals surface area (Å²) in [4.78, 5) is 9.21. The minimum Gasteiger partial charge on any atom is -0.248 e. The molecule has 0 saturated carbocycles. The first-order chi connectivity index (χ1) is 17.8. The van der Waals surface area contributed by atoms with E-state index in [4.69, 9.17) is 0 Å². The van der Waals surface area contributed by atoms with Crippen LogP contribution in [0.2, 0.25) is 0 Å². The van der Waals surface area contributed by atoms with Crippen LogP contribution in [0.25, 0.3) is 46.1 Å². The number of nitrogens with zero attached hydrogens (tertiary/aromatic N) is 2. The lowest BCUT2D eigenvalue weighted by Gasteiger charge is -1.98. The molecule has 0 atom stereocenters. The van der Waals surface area contributed by atoms with Crippen LogP contribution in [0.4, 0.5) is 0 Å². The lowest BCUT2D eigenvalue weighted by Crippen LogP contribution is -1.82. The van der Waals surface area contributed by atoms with E-state index in [0.29, 0.717) is 0 Å². The largest absolute Gasteiger partial charge is 0.248 e.